The zero-order valence-electron chi connectivity index (χ0n) is 7.48. The summed E-state index contributed by atoms with van der Waals surface area (Å²) in [7, 11) is 0. The Balaban J connectivity index is 3.12. The molecule has 0 nitrogen and oxygen atoms in total. The van der Waals surface area contributed by atoms with Crippen LogP contribution in [0.1, 0.15) is 18.4 Å². The average molecular weight is 198 g/mol. The molecule has 0 spiro atoms. The van der Waals surface area contributed by atoms with Gasteiger partial charge in [-0.3, -0.25) is 0 Å². The van der Waals surface area contributed by atoms with Crippen LogP contribution in [0.5, 0.6) is 0 Å². The topological polar surface area (TPSA) is 0 Å². The van der Waals surface area contributed by atoms with E-state index in [0.29, 0.717) is 10.6 Å². The standard InChI is InChI=1S/C11H11ClF/c1-7(2)8(3)10-6-9(13)4-5-11(10)12/h4-6,8H,1,3H2,2H3. The summed E-state index contributed by atoms with van der Waals surface area (Å²) in [6.45, 7) is 9.46. The molecule has 0 saturated carbocycles. The Morgan fingerprint density at radius 2 is 2.15 bits per heavy atom. The van der Waals surface area contributed by atoms with E-state index in [0.717, 1.165) is 5.57 Å². The van der Waals surface area contributed by atoms with Gasteiger partial charge in [0.25, 0.3) is 0 Å². The second-order valence-electron chi connectivity index (χ2n) is 3.06. The van der Waals surface area contributed by atoms with Crippen molar-refractivity contribution in [3.8, 4) is 0 Å². The molecule has 1 aromatic rings. The lowest BCUT2D eigenvalue weighted by Gasteiger charge is -2.12. The third-order valence-electron chi connectivity index (χ3n) is 1.93. The van der Waals surface area contributed by atoms with Crippen LogP contribution in [0.2, 0.25) is 5.02 Å². The highest BCUT2D eigenvalue weighted by Crippen LogP contribution is 2.28. The molecule has 0 saturated heterocycles. The van der Waals surface area contributed by atoms with Crippen molar-refractivity contribution < 1.29 is 4.39 Å². The first kappa shape index (κ1) is 10.3. The maximum atomic E-state index is 12.9. The summed E-state index contributed by atoms with van der Waals surface area (Å²) in [6, 6.07) is 4.26. The third kappa shape index (κ3) is 2.31. The Hall–Kier alpha value is -0.820. The van der Waals surface area contributed by atoms with Gasteiger partial charge in [0.15, 0.2) is 0 Å². The van der Waals surface area contributed by atoms with Gasteiger partial charge in [0.1, 0.15) is 5.82 Å². The van der Waals surface area contributed by atoms with Gasteiger partial charge in [-0.1, -0.05) is 23.8 Å². The van der Waals surface area contributed by atoms with E-state index in [1.54, 1.807) is 0 Å². The van der Waals surface area contributed by atoms with Crippen LogP contribution in [0.15, 0.2) is 30.4 Å². The number of hydrogen-bond acceptors (Lipinski definition) is 0. The number of hydrogen-bond donors (Lipinski definition) is 0. The zero-order chi connectivity index (χ0) is 10.0. The summed E-state index contributed by atoms with van der Waals surface area (Å²) in [4.78, 5) is 0. The van der Waals surface area contributed by atoms with Crippen molar-refractivity contribution in [3.63, 3.8) is 0 Å². The highest BCUT2D eigenvalue weighted by Gasteiger charge is 2.10. The Morgan fingerprint density at radius 3 is 2.69 bits per heavy atom. The normalized spacial score (nSPS) is 12.6. The Bertz CT molecular complexity index is 331. The molecule has 0 bridgehead atoms. The highest BCUT2D eigenvalue weighted by molar-refractivity contribution is 6.31. The third-order valence-corrected chi connectivity index (χ3v) is 2.27. The van der Waals surface area contributed by atoms with Crippen molar-refractivity contribution in [1.82, 2.24) is 0 Å². The van der Waals surface area contributed by atoms with Crippen molar-refractivity contribution in [2.75, 3.05) is 0 Å². The second kappa shape index (κ2) is 3.93. The molecule has 0 aliphatic heterocycles. The minimum atomic E-state index is -0.297. The van der Waals surface area contributed by atoms with Crippen LogP contribution in [0.25, 0.3) is 0 Å². The van der Waals surface area contributed by atoms with E-state index in [2.05, 4.69) is 13.5 Å². The van der Waals surface area contributed by atoms with Crippen LogP contribution in [-0.4, -0.2) is 0 Å². The molecular formula is C11H11ClF. The van der Waals surface area contributed by atoms with E-state index in [9.17, 15) is 4.39 Å². The summed E-state index contributed by atoms with van der Waals surface area (Å²) < 4.78 is 12.9. The fourth-order valence-electron chi connectivity index (χ4n) is 1.05. The van der Waals surface area contributed by atoms with Gasteiger partial charge in [0.2, 0.25) is 0 Å². The molecule has 0 aromatic heterocycles. The van der Waals surface area contributed by atoms with Crippen molar-refractivity contribution in [3.05, 3.63) is 53.7 Å². The fourth-order valence-corrected chi connectivity index (χ4v) is 1.30. The summed E-state index contributed by atoms with van der Waals surface area (Å²) in [5.74, 6) is -0.447. The molecule has 69 valence electrons. The van der Waals surface area contributed by atoms with E-state index < -0.39 is 0 Å². The molecule has 0 amide bonds. The van der Waals surface area contributed by atoms with Gasteiger partial charge in [-0.15, -0.1) is 0 Å². The smallest absolute Gasteiger partial charge is 0.123 e. The van der Waals surface area contributed by atoms with Crippen molar-refractivity contribution >= 4 is 11.6 Å². The first-order chi connectivity index (χ1) is 6.02. The van der Waals surface area contributed by atoms with Crippen LogP contribution >= 0.6 is 11.6 Å². The van der Waals surface area contributed by atoms with E-state index in [1.807, 2.05) is 6.92 Å². The molecule has 1 atom stereocenters. The molecule has 0 heterocycles. The van der Waals surface area contributed by atoms with Gasteiger partial charge in [-0.25, -0.2) is 4.39 Å². The van der Waals surface area contributed by atoms with Crippen LogP contribution in [-0.2, 0) is 0 Å². The first-order valence-electron chi connectivity index (χ1n) is 3.96. The summed E-state index contributed by atoms with van der Waals surface area (Å²) in [5.41, 5.74) is 1.56. The molecule has 0 fully saturated rings. The lowest BCUT2D eigenvalue weighted by molar-refractivity contribution is 0.625. The van der Waals surface area contributed by atoms with Crippen LogP contribution in [0.4, 0.5) is 4.39 Å². The lowest BCUT2D eigenvalue weighted by Crippen LogP contribution is -1.96. The minimum absolute atomic E-state index is 0.150. The Morgan fingerprint density at radius 1 is 1.54 bits per heavy atom. The quantitative estimate of drug-likeness (QED) is 0.630. The van der Waals surface area contributed by atoms with Crippen LogP contribution in [0, 0.1) is 12.7 Å². The molecule has 1 aromatic carbocycles. The average Bonchev–Trinajstić information content (AvgIpc) is 2.08. The largest absolute Gasteiger partial charge is 0.207 e. The van der Waals surface area contributed by atoms with E-state index in [-0.39, 0.29) is 11.7 Å². The second-order valence-corrected chi connectivity index (χ2v) is 3.47. The number of allylic oxidation sites excluding steroid dienone is 1. The maximum Gasteiger partial charge on any atom is 0.123 e. The van der Waals surface area contributed by atoms with E-state index in [4.69, 9.17) is 11.6 Å². The fraction of sp³-hybridized carbons (Fsp3) is 0.182. The highest BCUT2D eigenvalue weighted by atomic mass is 35.5. The SMILES string of the molecule is [CH2]C(C(=C)C)c1cc(F)ccc1Cl. The Kier molecular flexibility index (Phi) is 3.10. The molecular weight excluding hydrogens is 187 g/mol. The van der Waals surface area contributed by atoms with Crippen molar-refractivity contribution in [2.45, 2.75) is 12.8 Å². The number of benzene rings is 1. The van der Waals surface area contributed by atoms with Crippen molar-refractivity contribution in [1.29, 1.82) is 0 Å². The predicted molar refractivity (Wildman–Crippen MR) is 54.3 cm³/mol. The van der Waals surface area contributed by atoms with Gasteiger partial charge in [0, 0.05) is 10.9 Å². The molecule has 13 heavy (non-hydrogen) atoms. The van der Waals surface area contributed by atoms with Gasteiger partial charge in [-0.2, -0.15) is 0 Å². The van der Waals surface area contributed by atoms with Gasteiger partial charge in [0.05, 0.1) is 0 Å². The van der Waals surface area contributed by atoms with Crippen molar-refractivity contribution in [2.24, 2.45) is 0 Å². The predicted octanol–water partition coefficient (Wildman–Crippen LogP) is 3.97. The maximum absolute atomic E-state index is 12.9. The molecule has 0 N–H and O–H groups in total. The summed E-state index contributed by atoms with van der Waals surface area (Å²) >= 11 is 5.89. The molecule has 1 radical (unpaired) electrons. The molecule has 1 unspecified atom stereocenters. The molecule has 1 rings (SSSR count). The number of rotatable bonds is 2. The van der Waals surface area contributed by atoms with E-state index in [1.165, 1.54) is 18.2 Å². The van der Waals surface area contributed by atoms with Crippen LogP contribution < -0.4 is 0 Å². The van der Waals surface area contributed by atoms with Crippen LogP contribution in [0.3, 0.4) is 0 Å². The summed E-state index contributed by atoms with van der Waals surface area (Å²) in [6.07, 6.45) is 0. The molecule has 0 aliphatic carbocycles. The number of halogens is 2. The summed E-state index contributed by atoms with van der Waals surface area (Å²) in [5, 5.41) is 0.532. The lowest BCUT2D eigenvalue weighted by atomic mass is 9.95. The van der Waals surface area contributed by atoms with Gasteiger partial charge < -0.3 is 0 Å². The van der Waals surface area contributed by atoms with E-state index >= 15 is 0 Å². The minimum Gasteiger partial charge on any atom is -0.207 e. The monoisotopic (exact) mass is 197 g/mol. The molecule has 0 aliphatic rings. The molecule has 2 heteroatoms. The van der Waals surface area contributed by atoms with Gasteiger partial charge >= 0.3 is 0 Å². The van der Waals surface area contributed by atoms with Gasteiger partial charge in [-0.05, 0) is 37.6 Å². The first-order valence-corrected chi connectivity index (χ1v) is 4.33. The Labute approximate surface area is 83.0 Å². The zero-order valence-corrected chi connectivity index (χ0v) is 8.24.